The summed E-state index contributed by atoms with van der Waals surface area (Å²) in [7, 11) is 0. The summed E-state index contributed by atoms with van der Waals surface area (Å²) in [6, 6.07) is 43.5. The molecule has 0 radical (unpaired) electrons. The molecule has 5 aromatic carbocycles. The fourth-order valence-corrected chi connectivity index (χ4v) is 8.25. The Morgan fingerprint density at radius 2 is 1.42 bits per heavy atom. The molecule has 2 aromatic heterocycles. The minimum absolute atomic E-state index is 0.0720. The molecule has 0 unspecified atom stereocenters. The molecule has 2 N–H and O–H groups in total. The van der Waals surface area contributed by atoms with Gasteiger partial charge in [0.2, 0.25) is 11.8 Å². The molecule has 0 spiro atoms. The maximum atomic E-state index is 13.4. The first-order chi connectivity index (χ1) is 23.5. The summed E-state index contributed by atoms with van der Waals surface area (Å²) in [4.78, 5) is 36.0. The number of para-hydroxylation sites is 3. The van der Waals surface area contributed by atoms with Crippen LogP contribution in [0.4, 0.5) is 5.69 Å². The van der Waals surface area contributed by atoms with Gasteiger partial charge in [0.25, 0.3) is 0 Å². The molecule has 0 saturated carbocycles. The molecule has 1 atom stereocenters. The van der Waals surface area contributed by atoms with Gasteiger partial charge in [-0.2, -0.15) is 0 Å². The van der Waals surface area contributed by atoms with Crippen molar-refractivity contribution in [3.8, 4) is 5.69 Å². The zero-order valence-electron chi connectivity index (χ0n) is 25.9. The highest BCUT2D eigenvalue weighted by atomic mass is 32.2. The molecule has 7 rings (SSSR count). The molecule has 0 bridgehead atoms. The molecule has 48 heavy (non-hydrogen) atoms. The Bertz CT molecular complexity index is 2150. The molecule has 0 aliphatic heterocycles. The molecular weight excluding hydrogens is 655 g/mol. The average Bonchev–Trinajstić information content (AvgIpc) is 3.71. The van der Waals surface area contributed by atoms with Crippen molar-refractivity contribution in [2.45, 2.75) is 27.7 Å². The van der Waals surface area contributed by atoms with Crippen LogP contribution < -0.4 is 10.6 Å². The molecule has 0 fully saturated rings. The fourth-order valence-electron chi connectivity index (χ4n) is 5.39. The molecule has 0 aliphatic rings. The van der Waals surface area contributed by atoms with E-state index in [-0.39, 0.29) is 23.6 Å². The maximum Gasteiger partial charge on any atom is 0.237 e. The van der Waals surface area contributed by atoms with Gasteiger partial charge in [-0.3, -0.25) is 14.2 Å². The normalized spacial score (nSPS) is 12.0. The first-order valence-corrected chi connectivity index (χ1v) is 18.1. The second-order valence-corrected chi connectivity index (χ2v) is 14.6. The van der Waals surface area contributed by atoms with Crippen LogP contribution in [-0.4, -0.2) is 37.4 Å². The van der Waals surface area contributed by atoms with Crippen LogP contribution >= 0.6 is 34.9 Å². The number of rotatable bonds is 11. The Balaban J connectivity index is 1.00. The third kappa shape index (κ3) is 7.16. The first kappa shape index (κ1) is 31.7. The molecule has 238 valence electrons. The van der Waals surface area contributed by atoms with E-state index in [1.807, 2.05) is 140 Å². The van der Waals surface area contributed by atoms with E-state index in [0.717, 1.165) is 47.6 Å². The maximum absolute atomic E-state index is 13.4. The third-order valence-electron chi connectivity index (χ3n) is 7.73. The summed E-state index contributed by atoms with van der Waals surface area (Å²) in [5, 5.41) is 6.62. The van der Waals surface area contributed by atoms with Crippen molar-refractivity contribution in [2.24, 2.45) is 0 Å². The number of amides is 2. The third-order valence-corrected chi connectivity index (χ3v) is 10.9. The molecule has 2 heterocycles. The van der Waals surface area contributed by atoms with E-state index in [9.17, 15) is 9.59 Å². The van der Waals surface area contributed by atoms with Crippen LogP contribution in [0.3, 0.4) is 0 Å². The topological polar surface area (TPSA) is 88.9 Å². The van der Waals surface area contributed by atoms with Gasteiger partial charge in [-0.15, -0.1) is 11.3 Å². The van der Waals surface area contributed by atoms with Gasteiger partial charge in [0.05, 0.1) is 38.3 Å². The number of hydrogen-bond donors (Lipinski definition) is 2. The zero-order chi connectivity index (χ0) is 32.9. The van der Waals surface area contributed by atoms with Gasteiger partial charge < -0.3 is 10.6 Å². The molecule has 2 amide bonds. The number of thioether (sulfide) groups is 2. The number of nitrogens with one attached hydrogen (secondary N) is 2. The van der Waals surface area contributed by atoms with Crippen LogP contribution in [0.1, 0.15) is 24.1 Å². The van der Waals surface area contributed by atoms with Crippen molar-refractivity contribution in [3.63, 3.8) is 0 Å². The largest absolute Gasteiger partial charge is 0.344 e. The van der Waals surface area contributed by atoms with Crippen molar-refractivity contribution in [3.05, 3.63) is 145 Å². The molecule has 7 nitrogen and oxygen atoms in total. The second-order valence-electron chi connectivity index (χ2n) is 11.1. The van der Waals surface area contributed by atoms with E-state index < -0.39 is 5.25 Å². The highest BCUT2D eigenvalue weighted by Gasteiger charge is 2.21. The summed E-state index contributed by atoms with van der Waals surface area (Å²) in [5.74, 6) is 0.0487. The zero-order valence-corrected chi connectivity index (χ0v) is 28.4. The Labute approximate surface area is 290 Å². The lowest BCUT2D eigenvalue weighted by molar-refractivity contribution is -0.119. The van der Waals surface area contributed by atoms with Crippen LogP contribution in [0.2, 0.25) is 0 Å². The summed E-state index contributed by atoms with van der Waals surface area (Å²) in [6.07, 6.45) is 0. The highest BCUT2D eigenvalue weighted by Crippen LogP contribution is 2.33. The van der Waals surface area contributed by atoms with Crippen molar-refractivity contribution in [1.29, 1.82) is 0 Å². The van der Waals surface area contributed by atoms with Crippen molar-refractivity contribution < 1.29 is 9.59 Å². The smallest absolute Gasteiger partial charge is 0.237 e. The van der Waals surface area contributed by atoms with E-state index >= 15 is 0 Å². The Morgan fingerprint density at radius 1 is 0.771 bits per heavy atom. The van der Waals surface area contributed by atoms with Gasteiger partial charge in [-0.1, -0.05) is 115 Å². The Kier molecular flexibility index (Phi) is 9.55. The van der Waals surface area contributed by atoms with Gasteiger partial charge in [-0.05, 0) is 60.5 Å². The minimum atomic E-state index is -0.401. The standard InChI is InChI=1S/C38H31N5O2S3/c1-25(47-37-40-30-19-11-12-20-32(30)43(37)29-17-9-4-10-18-29)36(45)39-28-21-22-31-33(23-28)48-38(41-31)46-24-34(44)42-35(26-13-5-2-6-14-26)27-15-7-3-8-16-27/h2-23,25,35H,24H2,1H3,(H,39,45)(H,42,44)/t25-/m0/s1. The van der Waals surface area contributed by atoms with Gasteiger partial charge in [0, 0.05) is 11.4 Å². The van der Waals surface area contributed by atoms with E-state index in [2.05, 4.69) is 15.2 Å². The molecule has 0 aliphatic carbocycles. The number of hydrogen-bond acceptors (Lipinski definition) is 7. The van der Waals surface area contributed by atoms with E-state index in [1.165, 1.54) is 34.9 Å². The second kappa shape index (κ2) is 14.5. The van der Waals surface area contributed by atoms with Crippen LogP contribution in [0.5, 0.6) is 0 Å². The predicted octanol–water partition coefficient (Wildman–Crippen LogP) is 8.75. The number of carbonyl (C=O) groups excluding carboxylic acids is 2. The van der Waals surface area contributed by atoms with E-state index in [4.69, 9.17) is 9.97 Å². The molecule has 10 heteroatoms. The lowest BCUT2D eigenvalue weighted by atomic mass is 9.99. The molecular formula is C38H31N5O2S3. The first-order valence-electron chi connectivity index (χ1n) is 15.4. The van der Waals surface area contributed by atoms with Gasteiger partial charge >= 0.3 is 0 Å². The van der Waals surface area contributed by atoms with Crippen molar-refractivity contribution >= 4 is 73.6 Å². The summed E-state index contributed by atoms with van der Waals surface area (Å²) in [6.45, 7) is 1.89. The Hall–Kier alpha value is -4.90. The quantitative estimate of drug-likeness (QED) is 0.132. The number of anilines is 1. The summed E-state index contributed by atoms with van der Waals surface area (Å²) >= 11 is 4.34. The highest BCUT2D eigenvalue weighted by molar-refractivity contribution is 8.01. The van der Waals surface area contributed by atoms with Crippen molar-refractivity contribution in [1.82, 2.24) is 19.9 Å². The lowest BCUT2D eigenvalue weighted by Gasteiger charge is -2.19. The average molecular weight is 686 g/mol. The van der Waals surface area contributed by atoms with E-state index in [1.54, 1.807) is 0 Å². The minimum Gasteiger partial charge on any atom is -0.344 e. The van der Waals surface area contributed by atoms with Crippen LogP contribution in [-0.2, 0) is 9.59 Å². The number of carbonyl (C=O) groups is 2. The SMILES string of the molecule is C[C@H](Sc1nc2ccccc2n1-c1ccccc1)C(=O)Nc1ccc2nc(SCC(=O)NC(c3ccccc3)c3ccccc3)sc2c1. The van der Waals surface area contributed by atoms with Gasteiger partial charge in [-0.25, -0.2) is 9.97 Å². The number of benzene rings is 5. The molecule has 0 saturated heterocycles. The lowest BCUT2D eigenvalue weighted by Crippen LogP contribution is -2.30. The number of aromatic nitrogens is 3. The number of imidazole rings is 1. The van der Waals surface area contributed by atoms with Crippen LogP contribution in [0.25, 0.3) is 26.9 Å². The summed E-state index contributed by atoms with van der Waals surface area (Å²) < 4.78 is 3.83. The number of nitrogens with zero attached hydrogens (tertiary/aromatic N) is 3. The number of thiazole rings is 1. The summed E-state index contributed by atoms with van der Waals surface area (Å²) in [5.41, 5.74) is 6.45. The van der Waals surface area contributed by atoms with Crippen molar-refractivity contribution in [2.75, 3.05) is 11.1 Å². The van der Waals surface area contributed by atoms with Gasteiger partial charge in [0.1, 0.15) is 0 Å². The monoisotopic (exact) mass is 685 g/mol. The van der Waals surface area contributed by atoms with E-state index in [0.29, 0.717) is 5.69 Å². The molecule has 7 aromatic rings. The predicted molar refractivity (Wildman–Crippen MR) is 198 cm³/mol. The van der Waals surface area contributed by atoms with Gasteiger partial charge in [0.15, 0.2) is 9.50 Å². The fraction of sp³-hybridized carbons (Fsp3) is 0.105. The van der Waals surface area contributed by atoms with Crippen LogP contribution in [0.15, 0.2) is 143 Å². The van der Waals surface area contributed by atoms with Crippen LogP contribution in [0, 0.1) is 0 Å². The Morgan fingerprint density at radius 3 is 2.12 bits per heavy atom. The number of fused-ring (bicyclic) bond motifs is 2.